The smallest absolute Gasteiger partial charge is 0.136 e. The molecule has 78 valence electrons. The van der Waals surface area contributed by atoms with Gasteiger partial charge in [-0.25, -0.2) is 0 Å². The van der Waals surface area contributed by atoms with Crippen molar-refractivity contribution in [1.82, 2.24) is 0 Å². The van der Waals surface area contributed by atoms with Crippen molar-refractivity contribution in [2.45, 2.75) is 26.4 Å². The molecule has 0 fully saturated rings. The van der Waals surface area contributed by atoms with Crippen LogP contribution in [0.1, 0.15) is 18.1 Å². The van der Waals surface area contributed by atoms with Gasteiger partial charge in [0.1, 0.15) is 5.75 Å². The molecule has 0 radical (unpaired) electrons. The van der Waals surface area contributed by atoms with Gasteiger partial charge in [0.2, 0.25) is 0 Å². The maximum Gasteiger partial charge on any atom is 0.136 e. The second-order valence-corrected chi connectivity index (χ2v) is 4.23. The van der Waals surface area contributed by atoms with E-state index in [9.17, 15) is 5.11 Å². The lowest BCUT2D eigenvalue weighted by Crippen LogP contribution is -2.05. The first-order valence-electron chi connectivity index (χ1n) is 4.56. The maximum absolute atomic E-state index is 9.30. The van der Waals surface area contributed by atoms with E-state index in [1.807, 2.05) is 19.1 Å². The summed E-state index contributed by atoms with van der Waals surface area (Å²) in [5.41, 5.74) is 2.16. The van der Waals surface area contributed by atoms with Gasteiger partial charge in [-0.05, 0) is 47.3 Å². The van der Waals surface area contributed by atoms with Gasteiger partial charge >= 0.3 is 0 Å². The number of ether oxygens (including phenoxy) is 1. The number of aliphatic hydroxyl groups is 1. The largest absolute Gasteiger partial charge is 0.495 e. The molecule has 0 amide bonds. The van der Waals surface area contributed by atoms with Crippen LogP contribution in [-0.2, 0) is 6.42 Å². The fourth-order valence-corrected chi connectivity index (χ4v) is 2.19. The Morgan fingerprint density at radius 3 is 2.64 bits per heavy atom. The average molecular weight is 259 g/mol. The predicted octanol–water partition coefficient (Wildman–Crippen LogP) is 2.69. The van der Waals surface area contributed by atoms with E-state index >= 15 is 0 Å². The molecule has 0 heterocycles. The van der Waals surface area contributed by atoms with E-state index in [4.69, 9.17) is 4.74 Å². The molecule has 0 spiro atoms. The van der Waals surface area contributed by atoms with Gasteiger partial charge in [0.25, 0.3) is 0 Å². The van der Waals surface area contributed by atoms with Crippen molar-refractivity contribution in [2.75, 3.05) is 7.11 Å². The van der Waals surface area contributed by atoms with Gasteiger partial charge in [0.05, 0.1) is 17.7 Å². The minimum absolute atomic E-state index is 0.335. The van der Waals surface area contributed by atoms with Gasteiger partial charge in [-0.3, -0.25) is 0 Å². The molecule has 1 aromatic carbocycles. The highest BCUT2D eigenvalue weighted by Crippen LogP contribution is 2.32. The number of hydrogen-bond donors (Lipinski definition) is 1. The molecule has 1 unspecified atom stereocenters. The van der Waals surface area contributed by atoms with Crippen LogP contribution in [0.4, 0.5) is 0 Å². The summed E-state index contributed by atoms with van der Waals surface area (Å²) < 4.78 is 6.21. The predicted molar refractivity (Wildman–Crippen MR) is 60.8 cm³/mol. The lowest BCUT2D eigenvalue weighted by molar-refractivity contribution is 0.195. The number of rotatable bonds is 3. The maximum atomic E-state index is 9.30. The number of benzene rings is 1. The first kappa shape index (κ1) is 11.5. The first-order valence-corrected chi connectivity index (χ1v) is 5.35. The van der Waals surface area contributed by atoms with Crippen LogP contribution in [0.5, 0.6) is 5.75 Å². The van der Waals surface area contributed by atoms with E-state index in [2.05, 4.69) is 15.9 Å². The number of halogens is 1. The van der Waals surface area contributed by atoms with Gasteiger partial charge in [-0.15, -0.1) is 0 Å². The Morgan fingerprint density at radius 1 is 1.50 bits per heavy atom. The summed E-state index contributed by atoms with van der Waals surface area (Å²) in [7, 11) is 1.65. The minimum Gasteiger partial charge on any atom is -0.495 e. The third-order valence-electron chi connectivity index (χ3n) is 2.09. The van der Waals surface area contributed by atoms with Crippen molar-refractivity contribution < 1.29 is 9.84 Å². The van der Waals surface area contributed by atoms with Crippen molar-refractivity contribution >= 4 is 15.9 Å². The summed E-state index contributed by atoms with van der Waals surface area (Å²) in [4.78, 5) is 0. The normalized spacial score (nSPS) is 12.6. The molecule has 0 bridgehead atoms. The molecular weight excluding hydrogens is 244 g/mol. The van der Waals surface area contributed by atoms with Crippen molar-refractivity contribution in [2.24, 2.45) is 0 Å². The number of methoxy groups -OCH3 is 1. The van der Waals surface area contributed by atoms with Gasteiger partial charge < -0.3 is 9.84 Å². The molecule has 1 aromatic rings. The first-order chi connectivity index (χ1) is 6.56. The highest BCUT2D eigenvalue weighted by molar-refractivity contribution is 9.10. The molecule has 0 saturated carbocycles. The molecule has 14 heavy (non-hydrogen) atoms. The lowest BCUT2D eigenvalue weighted by atomic mass is 10.1. The summed E-state index contributed by atoms with van der Waals surface area (Å²) in [6.07, 6.45) is 0.302. The Hall–Kier alpha value is -0.540. The molecule has 1 atom stereocenters. The zero-order chi connectivity index (χ0) is 10.7. The minimum atomic E-state index is -0.335. The molecule has 0 aliphatic rings. The summed E-state index contributed by atoms with van der Waals surface area (Å²) >= 11 is 3.48. The fourth-order valence-electron chi connectivity index (χ4n) is 1.42. The van der Waals surface area contributed by atoms with E-state index in [0.29, 0.717) is 6.42 Å². The third-order valence-corrected chi connectivity index (χ3v) is 2.96. The number of hydrogen-bond acceptors (Lipinski definition) is 2. The Bertz CT molecular complexity index is 321. The zero-order valence-corrected chi connectivity index (χ0v) is 10.3. The van der Waals surface area contributed by atoms with Crippen LogP contribution in [0, 0.1) is 6.92 Å². The second-order valence-electron chi connectivity index (χ2n) is 3.44. The van der Waals surface area contributed by atoms with Gasteiger partial charge in [0, 0.05) is 0 Å². The van der Waals surface area contributed by atoms with Crippen LogP contribution in [0.3, 0.4) is 0 Å². The van der Waals surface area contributed by atoms with E-state index in [0.717, 1.165) is 21.3 Å². The monoisotopic (exact) mass is 258 g/mol. The summed E-state index contributed by atoms with van der Waals surface area (Å²) in [6.45, 7) is 3.77. The summed E-state index contributed by atoms with van der Waals surface area (Å²) in [6, 6.07) is 4.01. The fraction of sp³-hybridized carbons (Fsp3) is 0.455. The van der Waals surface area contributed by atoms with E-state index < -0.39 is 0 Å². The number of aryl methyl sites for hydroxylation is 1. The van der Waals surface area contributed by atoms with Crippen LogP contribution in [0.15, 0.2) is 16.6 Å². The van der Waals surface area contributed by atoms with Crippen molar-refractivity contribution in [3.8, 4) is 5.75 Å². The molecule has 1 rings (SSSR count). The zero-order valence-electron chi connectivity index (χ0n) is 8.67. The molecule has 0 aliphatic heterocycles. The lowest BCUT2D eigenvalue weighted by Gasteiger charge is -2.12. The Balaban J connectivity index is 3.08. The van der Waals surface area contributed by atoms with E-state index in [1.165, 1.54) is 0 Å². The van der Waals surface area contributed by atoms with Crippen molar-refractivity contribution in [3.63, 3.8) is 0 Å². The van der Waals surface area contributed by atoms with Crippen molar-refractivity contribution in [1.29, 1.82) is 0 Å². The standard InChI is InChI=1S/C11H15BrO2/c1-7-4-5-9(6-8(2)13)10(12)11(7)14-3/h4-5,8,13H,6H2,1-3H3. The van der Waals surface area contributed by atoms with Gasteiger partial charge in [-0.2, -0.15) is 0 Å². The van der Waals surface area contributed by atoms with Crippen LogP contribution >= 0.6 is 15.9 Å². The van der Waals surface area contributed by atoms with Gasteiger partial charge in [0.15, 0.2) is 0 Å². The SMILES string of the molecule is COc1c(C)ccc(CC(C)O)c1Br. The second kappa shape index (κ2) is 4.80. The quantitative estimate of drug-likeness (QED) is 0.904. The Labute approximate surface area is 93.0 Å². The topological polar surface area (TPSA) is 29.5 Å². The third kappa shape index (κ3) is 2.49. The highest BCUT2D eigenvalue weighted by Gasteiger charge is 2.10. The molecule has 1 N–H and O–H groups in total. The Morgan fingerprint density at radius 2 is 2.14 bits per heavy atom. The molecule has 0 aliphatic carbocycles. The molecule has 0 aromatic heterocycles. The molecule has 0 saturated heterocycles. The van der Waals surface area contributed by atoms with Crippen LogP contribution in [0.2, 0.25) is 0 Å². The Kier molecular flexibility index (Phi) is 3.96. The summed E-state index contributed by atoms with van der Waals surface area (Å²) in [5, 5.41) is 9.30. The van der Waals surface area contributed by atoms with Gasteiger partial charge in [-0.1, -0.05) is 12.1 Å². The average Bonchev–Trinajstić information content (AvgIpc) is 2.10. The number of aliphatic hydroxyl groups excluding tert-OH is 1. The van der Waals surface area contributed by atoms with Crippen LogP contribution in [0.25, 0.3) is 0 Å². The molecule has 2 nitrogen and oxygen atoms in total. The summed E-state index contributed by atoms with van der Waals surface area (Å²) in [5.74, 6) is 0.850. The van der Waals surface area contributed by atoms with Crippen LogP contribution < -0.4 is 4.74 Å². The van der Waals surface area contributed by atoms with E-state index in [-0.39, 0.29) is 6.10 Å². The van der Waals surface area contributed by atoms with E-state index in [1.54, 1.807) is 14.0 Å². The van der Waals surface area contributed by atoms with Crippen molar-refractivity contribution in [3.05, 3.63) is 27.7 Å². The molecular formula is C11H15BrO2. The van der Waals surface area contributed by atoms with Crippen LogP contribution in [-0.4, -0.2) is 18.3 Å². The highest BCUT2D eigenvalue weighted by atomic mass is 79.9. The molecule has 3 heteroatoms.